The van der Waals surface area contributed by atoms with Crippen LogP contribution in [0, 0.1) is 6.92 Å². The van der Waals surface area contributed by atoms with Gasteiger partial charge in [0.1, 0.15) is 5.01 Å². The lowest BCUT2D eigenvalue weighted by Gasteiger charge is -2.24. The fourth-order valence-corrected chi connectivity index (χ4v) is 5.92. The molecule has 0 spiro atoms. The van der Waals surface area contributed by atoms with Crippen molar-refractivity contribution < 1.29 is 9.59 Å². The topological polar surface area (TPSA) is 62.3 Å². The van der Waals surface area contributed by atoms with E-state index in [-0.39, 0.29) is 18.2 Å². The smallest absolute Gasteiger partial charge is 0.251 e. The number of carbonyl (C=O) groups excluding carboxylic acids is 2. The molecule has 5 rings (SSSR count). The second-order valence-electron chi connectivity index (χ2n) is 9.07. The molecule has 1 atom stereocenters. The van der Waals surface area contributed by atoms with Crippen LogP contribution in [0.5, 0.6) is 0 Å². The predicted molar refractivity (Wildman–Crippen MR) is 130 cm³/mol. The number of rotatable bonds is 4. The lowest BCUT2D eigenvalue weighted by atomic mass is 9.96. The Hall–Kier alpha value is -2.57. The average molecular weight is 448 g/mol. The van der Waals surface area contributed by atoms with Crippen molar-refractivity contribution in [2.75, 3.05) is 4.90 Å². The number of imide groups is 1. The molecule has 1 N–H and O–H groups in total. The van der Waals surface area contributed by atoms with Gasteiger partial charge in [0.15, 0.2) is 0 Å². The van der Waals surface area contributed by atoms with Gasteiger partial charge >= 0.3 is 0 Å². The van der Waals surface area contributed by atoms with E-state index >= 15 is 0 Å². The van der Waals surface area contributed by atoms with Crippen molar-refractivity contribution in [1.29, 1.82) is 0 Å². The lowest BCUT2D eigenvalue weighted by Crippen LogP contribution is -2.44. The van der Waals surface area contributed by atoms with Crippen LogP contribution >= 0.6 is 11.3 Å². The van der Waals surface area contributed by atoms with Gasteiger partial charge in [-0.3, -0.25) is 9.59 Å². The normalized spacial score (nSPS) is 20.7. The summed E-state index contributed by atoms with van der Waals surface area (Å²) >= 11 is 1.66. The Kier molecular flexibility index (Phi) is 6.07. The van der Waals surface area contributed by atoms with E-state index < -0.39 is 6.04 Å². The van der Waals surface area contributed by atoms with Crippen LogP contribution < -0.4 is 10.2 Å². The van der Waals surface area contributed by atoms with E-state index in [1.807, 2.05) is 30.3 Å². The number of carbonyl (C=O) groups is 2. The second-order valence-corrected chi connectivity index (χ2v) is 10.1. The molecule has 1 aliphatic heterocycles. The average Bonchev–Trinajstić information content (AvgIpc) is 3.30. The maximum absolute atomic E-state index is 13.1. The number of aromatic nitrogens is 1. The van der Waals surface area contributed by atoms with Gasteiger partial charge in [0, 0.05) is 11.6 Å². The number of amides is 2. The molecule has 166 valence electrons. The third kappa shape index (κ3) is 4.34. The first-order valence-corrected chi connectivity index (χ1v) is 12.5. The number of nitrogens with zero attached hydrogens (tertiary/aromatic N) is 2. The molecule has 0 radical (unpaired) electrons. The van der Waals surface area contributed by atoms with Crippen molar-refractivity contribution in [1.82, 2.24) is 10.3 Å². The van der Waals surface area contributed by atoms with E-state index in [4.69, 9.17) is 4.98 Å². The summed E-state index contributed by atoms with van der Waals surface area (Å²) in [6.45, 7) is 2.08. The van der Waals surface area contributed by atoms with Gasteiger partial charge in [-0.05, 0) is 61.7 Å². The van der Waals surface area contributed by atoms with E-state index in [0.29, 0.717) is 11.7 Å². The summed E-state index contributed by atoms with van der Waals surface area (Å²) in [7, 11) is 0. The highest BCUT2D eigenvalue weighted by Crippen LogP contribution is 2.33. The number of fused-ring (bicyclic) bond motifs is 1. The Balaban J connectivity index is 1.30. The minimum absolute atomic E-state index is 0.124. The summed E-state index contributed by atoms with van der Waals surface area (Å²) in [5.41, 5.74) is 3.85. The Morgan fingerprint density at radius 1 is 0.969 bits per heavy atom. The van der Waals surface area contributed by atoms with Crippen LogP contribution in [-0.4, -0.2) is 28.9 Å². The summed E-state index contributed by atoms with van der Waals surface area (Å²) in [6, 6.07) is 13.8. The molecule has 0 unspecified atom stereocenters. The highest BCUT2D eigenvalue weighted by atomic mass is 32.1. The predicted octanol–water partition coefficient (Wildman–Crippen LogP) is 5.61. The molecule has 1 aliphatic carbocycles. The highest BCUT2D eigenvalue weighted by molar-refractivity contribution is 7.21. The van der Waals surface area contributed by atoms with Crippen LogP contribution in [0.1, 0.15) is 56.9 Å². The quantitative estimate of drug-likeness (QED) is 0.528. The number of thiazole rings is 1. The SMILES string of the molecule is Cc1ccc2nc(-c3ccc(N4C(=O)C[C@H](NC5CCCCCCC5)C4=O)cc3)sc2c1. The molecule has 32 heavy (non-hydrogen) atoms. The number of benzene rings is 2. The number of hydrogen-bond donors (Lipinski definition) is 1. The van der Waals surface area contributed by atoms with Crippen molar-refractivity contribution in [3.8, 4) is 10.6 Å². The molecule has 2 aliphatic rings. The minimum Gasteiger partial charge on any atom is -0.303 e. The largest absolute Gasteiger partial charge is 0.303 e. The zero-order chi connectivity index (χ0) is 22.1. The lowest BCUT2D eigenvalue weighted by molar-refractivity contribution is -0.121. The maximum atomic E-state index is 13.1. The number of aryl methyl sites for hydroxylation is 1. The van der Waals surface area contributed by atoms with Gasteiger partial charge in [0.05, 0.1) is 28.4 Å². The van der Waals surface area contributed by atoms with Crippen LogP contribution in [-0.2, 0) is 9.59 Å². The summed E-state index contributed by atoms with van der Waals surface area (Å²) < 4.78 is 1.16. The molecule has 1 saturated carbocycles. The fraction of sp³-hybridized carbons (Fsp3) is 0.423. The molecule has 2 fully saturated rings. The molecular formula is C26H29N3O2S. The van der Waals surface area contributed by atoms with Gasteiger partial charge in [0.2, 0.25) is 5.91 Å². The first kappa shape index (κ1) is 21.3. The van der Waals surface area contributed by atoms with Crippen LogP contribution in [0.4, 0.5) is 5.69 Å². The standard InChI is InChI=1S/C26H29N3O2S/c1-17-9-14-21-23(15-17)32-25(28-21)18-10-12-20(13-11-18)29-24(30)16-22(26(29)31)27-19-7-5-3-2-4-6-8-19/h9-15,19,22,27H,2-8,16H2,1H3/t22-/m0/s1. The Labute approximate surface area is 192 Å². The molecule has 0 bridgehead atoms. The first-order valence-electron chi connectivity index (χ1n) is 11.7. The molecule has 6 heteroatoms. The first-order chi connectivity index (χ1) is 15.6. The third-order valence-corrected chi connectivity index (χ3v) is 7.67. The van der Waals surface area contributed by atoms with Crippen molar-refractivity contribution in [2.24, 2.45) is 0 Å². The van der Waals surface area contributed by atoms with E-state index in [0.717, 1.165) is 33.6 Å². The molecule has 2 amide bonds. The number of hydrogen-bond acceptors (Lipinski definition) is 5. The van der Waals surface area contributed by atoms with Crippen LogP contribution in [0.25, 0.3) is 20.8 Å². The molecular weight excluding hydrogens is 418 g/mol. The van der Waals surface area contributed by atoms with Crippen LogP contribution in [0.2, 0.25) is 0 Å². The molecule has 1 aromatic heterocycles. The zero-order valence-electron chi connectivity index (χ0n) is 18.5. The summed E-state index contributed by atoms with van der Waals surface area (Å²) in [5.74, 6) is -0.248. The van der Waals surface area contributed by atoms with E-state index in [1.165, 1.54) is 42.6 Å². The highest BCUT2D eigenvalue weighted by Gasteiger charge is 2.40. The summed E-state index contributed by atoms with van der Waals surface area (Å²) in [5, 5.41) is 4.45. The summed E-state index contributed by atoms with van der Waals surface area (Å²) in [4.78, 5) is 31.9. The number of anilines is 1. The zero-order valence-corrected chi connectivity index (χ0v) is 19.3. The Morgan fingerprint density at radius 2 is 1.69 bits per heavy atom. The van der Waals surface area contributed by atoms with Gasteiger partial charge in [-0.15, -0.1) is 11.3 Å². The molecule has 5 nitrogen and oxygen atoms in total. The van der Waals surface area contributed by atoms with E-state index in [9.17, 15) is 9.59 Å². The molecule has 2 heterocycles. The van der Waals surface area contributed by atoms with Gasteiger partial charge in [-0.25, -0.2) is 9.88 Å². The fourth-order valence-electron chi connectivity index (χ4n) is 4.85. The van der Waals surface area contributed by atoms with Crippen molar-refractivity contribution in [3.05, 3.63) is 48.0 Å². The van der Waals surface area contributed by atoms with E-state index in [2.05, 4.69) is 24.4 Å². The second kappa shape index (κ2) is 9.12. The number of nitrogens with one attached hydrogen (secondary N) is 1. The van der Waals surface area contributed by atoms with Crippen LogP contribution in [0.3, 0.4) is 0 Å². The monoisotopic (exact) mass is 447 g/mol. The van der Waals surface area contributed by atoms with Crippen molar-refractivity contribution in [2.45, 2.75) is 70.4 Å². The van der Waals surface area contributed by atoms with E-state index in [1.54, 1.807) is 11.3 Å². The molecule has 3 aromatic rings. The van der Waals surface area contributed by atoms with Gasteiger partial charge in [-0.2, -0.15) is 0 Å². The maximum Gasteiger partial charge on any atom is 0.251 e. The Morgan fingerprint density at radius 3 is 2.44 bits per heavy atom. The Bertz CT molecular complexity index is 1130. The van der Waals surface area contributed by atoms with Crippen LogP contribution in [0.15, 0.2) is 42.5 Å². The molecule has 1 saturated heterocycles. The summed E-state index contributed by atoms with van der Waals surface area (Å²) in [6.07, 6.45) is 8.67. The van der Waals surface area contributed by atoms with Crippen molar-refractivity contribution >= 4 is 39.1 Å². The van der Waals surface area contributed by atoms with Gasteiger partial charge in [-0.1, -0.05) is 38.2 Å². The van der Waals surface area contributed by atoms with Gasteiger partial charge in [0.25, 0.3) is 5.91 Å². The van der Waals surface area contributed by atoms with Gasteiger partial charge < -0.3 is 5.32 Å². The third-order valence-electron chi connectivity index (χ3n) is 6.61. The van der Waals surface area contributed by atoms with Crippen molar-refractivity contribution in [3.63, 3.8) is 0 Å². The minimum atomic E-state index is -0.404. The molecule has 2 aromatic carbocycles.